The second-order valence-electron chi connectivity index (χ2n) is 3.95. The summed E-state index contributed by atoms with van der Waals surface area (Å²) in [6, 6.07) is 0. The molecule has 0 aromatic carbocycles. The lowest BCUT2D eigenvalue weighted by Gasteiger charge is -2.18. The van der Waals surface area contributed by atoms with Crippen LogP contribution in [0.2, 0.25) is 0 Å². The van der Waals surface area contributed by atoms with Gasteiger partial charge in [0.05, 0.1) is 21.6 Å². The summed E-state index contributed by atoms with van der Waals surface area (Å²) in [6.45, 7) is 0.323. The van der Waals surface area contributed by atoms with Gasteiger partial charge in [0.15, 0.2) is 0 Å². The lowest BCUT2D eigenvalue weighted by atomic mass is 9.87. The lowest BCUT2D eigenvalue weighted by Crippen LogP contribution is -2.22. The Hall–Kier alpha value is -1.56. The summed E-state index contributed by atoms with van der Waals surface area (Å²) in [5.41, 5.74) is 12.2. The molecule has 0 aromatic rings. The predicted molar refractivity (Wildman–Crippen MR) is 62.6 cm³/mol. The molecule has 3 rings (SSSR count). The zero-order valence-electron chi connectivity index (χ0n) is 8.33. The molecule has 2 heterocycles. The average molecular weight is 282 g/mol. The van der Waals surface area contributed by atoms with E-state index < -0.39 is 0 Å². The summed E-state index contributed by atoms with van der Waals surface area (Å²) >= 11 is 3.44. The van der Waals surface area contributed by atoms with E-state index in [0.29, 0.717) is 12.2 Å². The van der Waals surface area contributed by atoms with E-state index >= 15 is 0 Å². The smallest absolute Gasteiger partial charge is 0.250 e. The van der Waals surface area contributed by atoms with Gasteiger partial charge in [-0.1, -0.05) is 0 Å². The fraction of sp³-hybridized carbons (Fsp3) is 0.200. The molecule has 16 heavy (non-hydrogen) atoms. The highest BCUT2D eigenvalue weighted by Gasteiger charge is 2.38. The molecule has 0 saturated heterocycles. The van der Waals surface area contributed by atoms with E-state index in [1.165, 1.54) is 0 Å². The second-order valence-corrected chi connectivity index (χ2v) is 4.74. The van der Waals surface area contributed by atoms with E-state index in [0.717, 1.165) is 26.3 Å². The van der Waals surface area contributed by atoms with Gasteiger partial charge in [-0.25, -0.2) is 0 Å². The van der Waals surface area contributed by atoms with E-state index in [1.807, 2.05) is 12.2 Å². The molecular weight excluding hydrogens is 272 g/mol. The molecule has 82 valence electrons. The molecule has 1 atom stereocenters. The molecule has 0 amide bonds. The van der Waals surface area contributed by atoms with E-state index in [2.05, 4.69) is 26.7 Å². The molecule has 0 saturated carbocycles. The van der Waals surface area contributed by atoms with E-state index in [-0.39, 0.29) is 5.92 Å². The SMILES string of the molecule is NC1=CC2=CN[N+](=O)CC3=C(Br)NC(=C1)C23. The maximum Gasteiger partial charge on any atom is 0.250 e. The maximum absolute atomic E-state index is 11.4. The Morgan fingerprint density at radius 2 is 2.31 bits per heavy atom. The number of nitrogens with one attached hydrogen (secondary N) is 2. The third-order valence-corrected chi connectivity index (χ3v) is 3.58. The fourth-order valence-electron chi connectivity index (χ4n) is 2.22. The lowest BCUT2D eigenvalue weighted by molar-refractivity contribution is -0.589. The molecule has 3 aliphatic rings. The minimum atomic E-state index is 0.119. The normalized spacial score (nSPS) is 27.2. The Bertz CT molecular complexity index is 515. The van der Waals surface area contributed by atoms with Crippen molar-refractivity contribution in [1.29, 1.82) is 0 Å². The van der Waals surface area contributed by atoms with Crippen LogP contribution in [-0.2, 0) is 0 Å². The van der Waals surface area contributed by atoms with E-state index in [4.69, 9.17) is 5.73 Å². The van der Waals surface area contributed by atoms with Gasteiger partial charge in [-0.2, -0.15) is 0 Å². The molecule has 0 bridgehead atoms. The standard InChI is InChI=1S/C10H10BrN4O/c11-10-7-4-15(16)13-3-5-1-6(12)2-8(14-10)9(5)7/h1-3,9,14H,4,12H2,(H,13,16)/q+1. The number of rotatable bonds is 0. The summed E-state index contributed by atoms with van der Waals surface area (Å²) in [7, 11) is 0. The summed E-state index contributed by atoms with van der Waals surface area (Å²) in [5, 5.41) is 3.21. The van der Waals surface area contributed by atoms with Crippen molar-refractivity contribution in [3.8, 4) is 0 Å². The molecule has 6 heteroatoms. The van der Waals surface area contributed by atoms with Gasteiger partial charge in [-0.15, -0.1) is 5.43 Å². The fourth-order valence-corrected chi connectivity index (χ4v) is 2.81. The van der Waals surface area contributed by atoms with Crippen molar-refractivity contribution < 1.29 is 4.87 Å². The first-order chi connectivity index (χ1) is 7.65. The number of hydrogen-bond donors (Lipinski definition) is 3. The van der Waals surface area contributed by atoms with E-state index in [9.17, 15) is 4.91 Å². The molecule has 0 radical (unpaired) electrons. The van der Waals surface area contributed by atoms with Crippen LogP contribution in [0.15, 0.2) is 45.5 Å². The quantitative estimate of drug-likeness (QED) is 0.452. The van der Waals surface area contributed by atoms with Gasteiger partial charge in [0, 0.05) is 17.0 Å². The van der Waals surface area contributed by atoms with Crippen molar-refractivity contribution in [2.24, 2.45) is 11.7 Å². The average Bonchev–Trinajstić information content (AvgIpc) is 2.43. The number of nitrogens with two attached hydrogens (primary N) is 1. The Labute approximate surface area is 100 Å². The van der Waals surface area contributed by atoms with Gasteiger partial charge < -0.3 is 11.1 Å². The zero-order valence-corrected chi connectivity index (χ0v) is 9.91. The zero-order chi connectivity index (χ0) is 11.3. The Morgan fingerprint density at radius 3 is 3.12 bits per heavy atom. The number of hydrogen-bond acceptors (Lipinski definition) is 3. The first-order valence-electron chi connectivity index (χ1n) is 4.90. The molecule has 0 spiro atoms. The summed E-state index contributed by atoms with van der Waals surface area (Å²) in [4.78, 5) is 12.3. The van der Waals surface area contributed by atoms with Crippen molar-refractivity contribution in [1.82, 2.24) is 10.7 Å². The largest absolute Gasteiger partial charge is 0.399 e. The number of nitroso groups, excluding NO2 is 1. The van der Waals surface area contributed by atoms with Gasteiger partial charge in [0.2, 0.25) is 0 Å². The highest BCUT2D eigenvalue weighted by Crippen LogP contribution is 2.40. The topological polar surface area (TPSA) is 70.2 Å². The van der Waals surface area contributed by atoms with E-state index in [1.54, 1.807) is 6.20 Å². The molecule has 2 aliphatic heterocycles. The number of halogens is 1. The third kappa shape index (κ3) is 1.30. The van der Waals surface area contributed by atoms with Gasteiger partial charge in [-0.05, 0) is 33.7 Å². The molecule has 5 nitrogen and oxygen atoms in total. The molecule has 0 aromatic heterocycles. The molecule has 0 fully saturated rings. The van der Waals surface area contributed by atoms with Gasteiger partial charge in [-0.3, -0.25) is 0 Å². The Morgan fingerprint density at radius 1 is 1.50 bits per heavy atom. The third-order valence-electron chi connectivity index (χ3n) is 2.87. The van der Waals surface area contributed by atoms with Crippen LogP contribution in [0.4, 0.5) is 0 Å². The van der Waals surface area contributed by atoms with Crippen LogP contribution < -0.4 is 16.5 Å². The minimum absolute atomic E-state index is 0.119. The Kier molecular flexibility index (Phi) is 1.94. The summed E-state index contributed by atoms with van der Waals surface area (Å²) in [6.07, 6.45) is 5.49. The first kappa shape index (κ1) is 9.65. The minimum Gasteiger partial charge on any atom is -0.399 e. The highest BCUT2D eigenvalue weighted by atomic mass is 79.9. The van der Waals surface area contributed by atoms with Crippen molar-refractivity contribution in [2.75, 3.05) is 6.54 Å². The monoisotopic (exact) mass is 281 g/mol. The summed E-state index contributed by atoms with van der Waals surface area (Å²) in [5.74, 6) is 0.119. The van der Waals surface area contributed by atoms with Gasteiger partial charge in [0.25, 0.3) is 6.54 Å². The maximum atomic E-state index is 11.4. The second kappa shape index (κ2) is 3.21. The van der Waals surface area contributed by atoms with Crippen molar-refractivity contribution in [3.05, 3.63) is 50.4 Å². The molecule has 1 aliphatic carbocycles. The van der Waals surface area contributed by atoms with Crippen molar-refractivity contribution in [2.45, 2.75) is 0 Å². The molecule has 1 unspecified atom stereocenters. The predicted octanol–water partition coefficient (Wildman–Crippen LogP) is 0.733. The van der Waals surface area contributed by atoms with Crippen LogP contribution >= 0.6 is 15.9 Å². The van der Waals surface area contributed by atoms with Crippen molar-refractivity contribution >= 4 is 15.9 Å². The van der Waals surface area contributed by atoms with Crippen LogP contribution in [-0.4, -0.2) is 11.4 Å². The Balaban J connectivity index is 2.16. The molecule has 4 N–H and O–H groups in total. The van der Waals surface area contributed by atoms with Crippen LogP contribution in [0.1, 0.15) is 0 Å². The van der Waals surface area contributed by atoms with Crippen LogP contribution in [0.3, 0.4) is 0 Å². The van der Waals surface area contributed by atoms with Crippen LogP contribution in [0, 0.1) is 10.8 Å². The molecular formula is C10H10BrN4O+. The van der Waals surface area contributed by atoms with Crippen LogP contribution in [0.5, 0.6) is 0 Å². The first-order valence-corrected chi connectivity index (χ1v) is 5.69. The highest BCUT2D eigenvalue weighted by molar-refractivity contribution is 9.11. The number of allylic oxidation sites excluding steroid dienone is 3. The van der Waals surface area contributed by atoms with Gasteiger partial charge in [0.1, 0.15) is 4.87 Å². The number of hydrazine groups is 1. The van der Waals surface area contributed by atoms with Crippen molar-refractivity contribution in [3.63, 3.8) is 0 Å². The van der Waals surface area contributed by atoms with Gasteiger partial charge >= 0.3 is 0 Å². The van der Waals surface area contributed by atoms with Crippen LogP contribution in [0.25, 0.3) is 0 Å². The summed E-state index contributed by atoms with van der Waals surface area (Å²) < 4.78 is 0.863. The number of nitrogens with zero attached hydrogens (tertiary/aromatic N) is 1.